The molecule has 0 atom stereocenters. The highest BCUT2D eigenvalue weighted by Gasteiger charge is 2.10. The molecule has 23 heavy (non-hydrogen) atoms. The molecular formula is C13H8F2N5O2S-. The van der Waals surface area contributed by atoms with E-state index in [-0.39, 0.29) is 11.5 Å². The SMILES string of the molecule is O=S(=O)([N-]c1cccc(-c2nn[nH]n2)c1)c1ccc(F)c(F)c1. The van der Waals surface area contributed by atoms with Gasteiger partial charge in [-0.15, -0.1) is 15.9 Å². The van der Waals surface area contributed by atoms with Gasteiger partial charge in [-0.3, -0.25) is 0 Å². The standard InChI is InChI=1S/C13H8F2N5O2S/c14-11-5-4-10(7-12(11)15)23(21,22)18-9-3-1-2-8(6-9)13-16-19-20-17-13/h1-7H,(H,16,17,19,20)/q-1. The lowest BCUT2D eigenvalue weighted by Crippen LogP contribution is -1.99. The van der Waals surface area contributed by atoms with Crippen molar-refractivity contribution in [1.29, 1.82) is 0 Å². The molecule has 1 aromatic heterocycles. The largest absolute Gasteiger partial charge is 0.573 e. The number of benzene rings is 2. The Balaban J connectivity index is 1.91. The van der Waals surface area contributed by atoms with E-state index < -0.39 is 26.6 Å². The summed E-state index contributed by atoms with van der Waals surface area (Å²) in [6, 6.07) is 8.34. The number of hydrogen-bond acceptors (Lipinski definition) is 5. The first kappa shape index (κ1) is 15.0. The normalized spacial score (nSPS) is 11.4. The molecule has 0 amide bonds. The molecule has 7 nitrogen and oxygen atoms in total. The lowest BCUT2D eigenvalue weighted by Gasteiger charge is -2.22. The van der Waals surface area contributed by atoms with Gasteiger partial charge in [0.05, 0.1) is 4.90 Å². The Labute approximate surface area is 129 Å². The molecule has 0 unspecified atom stereocenters. The van der Waals surface area contributed by atoms with Gasteiger partial charge in [0.2, 0.25) is 5.82 Å². The Kier molecular flexibility index (Phi) is 3.74. The molecule has 0 aliphatic heterocycles. The fourth-order valence-electron chi connectivity index (χ4n) is 1.81. The molecule has 0 aliphatic rings. The van der Waals surface area contributed by atoms with Crippen LogP contribution >= 0.6 is 0 Å². The van der Waals surface area contributed by atoms with Crippen molar-refractivity contribution in [3.63, 3.8) is 0 Å². The van der Waals surface area contributed by atoms with E-state index in [2.05, 4.69) is 25.3 Å². The maximum atomic E-state index is 13.2. The van der Waals surface area contributed by atoms with Crippen LogP contribution in [0.5, 0.6) is 0 Å². The average Bonchev–Trinajstić information content (AvgIpc) is 3.04. The van der Waals surface area contributed by atoms with Crippen molar-refractivity contribution < 1.29 is 17.2 Å². The van der Waals surface area contributed by atoms with Crippen LogP contribution in [0.1, 0.15) is 0 Å². The van der Waals surface area contributed by atoms with Crippen molar-refractivity contribution in [3.05, 3.63) is 58.8 Å². The second-order valence-electron chi connectivity index (χ2n) is 4.43. The summed E-state index contributed by atoms with van der Waals surface area (Å²) in [7, 11) is -4.18. The molecule has 0 bridgehead atoms. The minimum absolute atomic E-state index is 0.0945. The summed E-state index contributed by atoms with van der Waals surface area (Å²) in [5.74, 6) is -2.13. The van der Waals surface area contributed by atoms with Crippen molar-refractivity contribution in [2.75, 3.05) is 0 Å². The molecule has 10 heteroatoms. The highest BCUT2D eigenvalue weighted by atomic mass is 32.2. The minimum atomic E-state index is -4.18. The molecule has 118 valence electrons. The molecule has 0 spiro atoms. The van der Waals surface area contributed by atoms with Crippen molar-refractivity contribution in [2.24, 2.45) is 0 Å². The molecule has 0 saturated heterocycles. The van der Waals surface area contributed by atoms with Gasteiger partial charge in [0.1, 0.15) is 10.0 Å². The number of sulfonamides is 1. The quantitative estimate of drug-likeness (QED) is 0.788. The summed E-state index contributed by atoms with van der Waals surface area (Å²) in [4.78, 5) is -0.443. The summed E-state index contributed by atoms with van der Waals surface area (Å²) in [6.07, 6.45) is 0. The Bertz CT molecular complexity index is 945. The summed E-state index contributed by atoms with van der Waals surface area (Å²) in [5, 5.41) is 13.2. The zero-order valence-corrected chi connectivity index (χ0v) is 12.1. The predicted octanol–water partition coefficient (Wildman–Crippen LogP) is 2.54. The number of H-pyrrole nitrogens is 1. The lowest BCUT2D eigenvalue weighted by molar-refractivity contribution is 0.504. The number of hydrogen-bond donors (Lipinski definition) is 1. The lowest BCUT2D eigenvalue weighted by atomic mass is 10.2. The number of aromatic nitrogens is 4. The molecule has 0 fully saturated rings. The number of rotatable bonds is 4. The highest BCUT2D eigenvalue weighted by Crippen LogP contribution is 2.30. The van der Waals surface area contributed by atoms with Gasteiger partial charge in [-0.2, -0.15) is 5.21 Å². The first-order chi connectivity index (χ1) is 11.0. The maximum absolute atomic E-state index is 13.2. The van der Waals surface area contributed by atoms with Gasteiger partial charge >= 0.3 is 0 Å². The number of nitrogens with zero attached hydrogens (tertiary/aromatic N) is 4. The van der Waals surface area contributed by atoms with Gasteiger partial charge in [0, 0.05) is 5.56 Å². The molecule has 0 aliphatic carbocycles. The predicted molar refractivity (Wildman–Crippen MR) is 76.2 cm³/mol. The number of halogens is 2. The fraction of sp³-hybridized carbons (Fsp3) is 0. The van der Waals surface area contributed by atoms with Crippen LogP contribution in [0.15, 0.2) is 47.4 Å². The molecule has 0 saturated carbocycles. The third-order valence-corrected chi connectivity index (χ3v) is 4.17. The molecule has 3 rings (SSSR count). The smallest absolute Gasteiger partial charge is 0.204 e. The van der Waals surface area contributed by atoms with Gasteiger partial charge < -0.3 is 4.72 Å². The van der Waals surface area contributed by atoms with Crippen molar-refractivity contribution >= 4 is 15.7 Å². The van der Waals surface area contributed by atoms with Crippen LogP contribution in [0.2, 0.25) is 0 Å². The van der Waals surface area contributed by atoms with Gasteiger partial charge in [-0.1, -0.05) is 24.3 Å². The van der Waals surface area contributed by atoms with Crippen LogP contribution in [0.25, 0.3) is 16.1 Å². The van der Waals surface area contributed by atoms with Gasteiger partial charge in [0.25, 0.3) is 0 Å². The van der Waals surface area contributed by atoms with Gasteiger partial charge in [-0.05, 0) is 23.4 Å². The molecule has 3 aromatic rings. The fourth-order valence-corrected chi connectivity index (χ4v) is 2.80. The summed E-state index contributed by atoms with van der Waals surface area (Å²) >= 11 is 0. The molecule has 1 N–H and O–H groups in total. The maximum Gasteiger partial charge on any atom is 0.204 e. The summed E-state index contributed by atoms with van der Waals surface area (Å²) in [6.45, 7) is 0. The van der Waals surface area contributed by atoms with Crippen LogP contribution in [-0.4, -0.2) is 29.0 Å². The Hall–Kier alpha value is -2.88. The van der Waals surface area contributed by atoms with E-state index in [1.165, 1.54) is 12.1 Å². The highest BCUT2D eigenvalue weighted by molar-refractivity contribution is 7.94. The number of tetrazole rings is 1. The van der Waals surface area contributed by atoms with Gasteiger partial charge in [-0.25, -0.2) is 17.2 Å². The second kappa shape index (κ2) is 5.72. The Morgan fingerprint density at radius 2 is 1.87 bits per heavy atom. The van der Waals surface area contributed by atoms with Crippen LogP contribution in [0.3, 0.4) is 0 Å². The summed E-state index contributed by atoms with van der Waals surface area (Å²) < 4.78 is 54.0. The zero-order chi connectivity index (χ0) is 16.4. The van der Waals surface area contributed by atoms with Gasteiger partial charge in [0.15, 0.2) is 11.6 Å². The van der Waals surface area contributed by atoms with Crippen molar-refractivity contribution in [2.45, 2.75) is 4.90 Å². The zero-order valence-electron chi connectivity index (χ0n) is 11.3. The molecule has 2 aromatic carbocycles. The van der Waals surface area contributed by atoms with Crippen LogP contribution in [-0.2, 0) is 10.0 Å². The van der Waals surface area contributed by atoms with E-state index in [0.29, 0.717) is 11.6 Å². The molecule has 1 heterocycles. The minimum Gasteiger partial charge on any atom is -0.573 e. The Morgan fingerprint density at radius 1 is 1.04 bits per heavy atom. The first-order valence-corrected chi connectivity index (χ1v) is 7.67. The van der Waals surface area contributed by atoms with E-state index in [9.17, 15) is 17.2 Å². The summed E-state index contributed by atoms with van der Waals surface area (Å²) in [5.41, 5.74) is 0.595. The molecule has 0 radical (unpaired) electrons. The van der Waals surface area contributed by atoms with E-state index in [1.54, 1.807) is 12.1 Å². The average molecular weight is 336 g/mol. The van der Waals surface area contributed by atoms with Crippen LogP contribution in [0.4, 0.5) is 14.5 Å². The van der Waals surface area contributed by atoms with Crippen molar-refractivity contribution in [1.82, 2.24) is 20.6 Å². The second-order valence-corrected chi connectivity index (χ2v) is 6.03. The van der Waals surface area contributed by atoms with E-state index in [4.69, 9.17) is 0 Å². The van der Waals surface area contributed by atoms with E-state index in [1.807, 2.05) is 0 Å². The van der Waals surface area contributed by atoms with Crippen LogP contribution < -0.4 is 0 Å². The van der Waals surface area contributed by atoms with Crippen LogP contribution in [0, 0.1) is 11.6 Å². The molecular weight excluding hydrogens is 328 g/mol. The third-order valence-electron chi connectivity index (χ3n) is 2.86. The van der Waals surface area contributed by atoms with E-state index in [0.717, 1.165) is 12.1 Å². The third kappa shape index (κ3) is 3.16. The number of nitrogens with one attached hydrogen (secondary N) is 1. The number of aromatic amines is 1. The van der Waals surface area contributed by atoms with Crippen molar-refractivity contribution in [3.8, 4) is 11.4 Å². The topological polar surface area (TPSA) is 103 Å². The Morgan fingerprint density at radius 3 is 2.57 bits per heavy atom. The first-order valence-electron chi connectivity index (χ1n) is 6.23. The monoisotopic (exact) mass is 336 g/mol. The van der Waals surface area contributed by atoms with E-state index >= 15 is 0 Å².